The van der Waals surface area contributed by atoms with Crippen molar-refractivity contribution in [3.05, 3.63) is 57.2 Å². The molecule has 34 heavy (non-hydrogen) atoms. The van der Waals surface area contributed by atoms with E-state index in [1.54, 1.807) is 21.3 Å². The average molecular weight is 530 g/mol. The summed E-state index contributed by atoms with van der Waals surface area (Å²) < 4.78 is 22.9. The van der Waals surface area contributed by atoms with Gasteiger partial charge in [0, 0.05) is 35.6 Å². The van der Waals surface area contributed by atoms with Crippen molar-refractivity contribution in [2.45, 2.75) is 38.0 Å². The lowest BCUT2D eigenvalue weighted by Crippen LogP contribution is -2.38. The highest BCUT2D eigenvalue weighted by Crippen LogP contribution is 2.47. The maximum absolute atomic E-state index is 13.5. The van der Waals surface area contributed by atoms with Gasteiger partial charge in [0.1, 0.15) is 11.5 Å². The van der Waals surface area contributed by atoms with E-state index < -0.39 is 5.92 Å². The SMILES string of the molecule is CCOc1ccc(C2CC(=O)C3=C(C2)NC(=O)CC3c2cc(OC)c(Br)cc2OC)cc1OC. The molecular weight excluding hydrogens is 502 g/mol. The molecule has 180 valence electrons. The minimum atomic E-state index is -0.399. The molecule has 8 heteroatoms. The number of amides is 1. The summed E-state index contributed by atoms with van der Waals surface area (Å²) in [5.74, 6) is 1.94. The van der Waals surface area contributed by atoms with Gasteiger partial charge in [-0.25, -0.2) is 0 Å². The first-order valence-electron chi connectivity index (χ1n) is 11.2. The number of halogens is 1. The van der Waals surface area contributed by atoms with E-state index >= 15 is 0 Å². The molecule has 7 nitrogen and oxygen atoms in total. The van der Waals surface area contributed by atoms with Crippen LogP contribution >= 0.6 is 15.9 Å². The number of nitrogens with one attached hydrogen (secondary N) is 1. The van der Waals surface area contributed by atoms with Crippen molar-refractivity contribution in [1.29, 1.82) is 0 Å². The Balaban J connectivity index is 1.73. The molecule has 1 heterocycles. The lowest BCUT2D eigenvalue weighted by Gasteiger charge is -2.35. The molecular formula is C26H28BrNO6. The number of carbonyl (C=O) groups excluding carboxylic acids is 2. The van der Waals surface area contributed by atoms with E-state index in [9.17, 15) is 9.59 Å². The summed E-state index contributed by atoms with van der Waals surface area (Å²) in [6.07, 6.45) is 1.07. The molecule has 2 aliphatic rings. The lowest BCUT2D eigenvalue weighted by molar-refractivity contribution is -0.122. The molecule has 2 aromatic carbocycles. The molecule has 0 spiro atoms. The van der Waals surface area contributed by atoms with Crippen LogP contribution in [0.5, 0.6) is 23.0 Å². The summed E-state index contributed by atoms with van der Waals surface area (Å²) >= 11 is 3.48. The van der Waals surface area contributed by atoms with Crippen LogP contribution in [0.2, 0.25) is 0 Å². The van der Waals surface area contributed by atoms with Gasteiger partial charge in [0.2, 0.25) is 5.91 Å². The third-order valence-corrected chi connectivity index (χ3v) is 6.99. The fourth-order valence-corrected chi connectivity index (χ4v) is 5.32. The maximum Gasteiger partial charge on any atom is 0.225 e. The van der Waals surface area contributed by atoms with Gasteiger partial charge in [0.25, 0.3) is 0 Å². The first-order valence-corrected chi connectivity index (χ1v) is 12.0. The number of rotatable bonds is 7. The summed E-state index contributed by atoms with van der Waals surface area (Å²) in [7, 11) is 4.75. The molecule has 4 rings (SSSR count). The zero-order valence-electron chi connectivity index (χ0n) is 19.7. The van der Waals surface area contributed by atoms with E-state index in [2.05, 4.69) is 21.2 Å². The molecule has 2 unspecified atom stereocenters. The van der Waals surface area contributed by atoms with Gasteiger partial charge in [0.05, 0.1) is 32.4 Å². The molecule has 1 aliphatic carbocycles. The van der Waals surface area contributed by atoms with E-state index in [4.69, 9.17) is 18.9 Å². The number of ketones is 1. The third kappa shape index (κ3) is 4.51. The van der Waals surface area contributed by atoms with Crippen molar-refractivity contribution in [2.24, 2.45) is 0 Å². The van der Waals surface area contributed by atoms with Crippen LogP contribution in [0, 0.1) is 0 Å². The van der Waals surface area contributed by atoms with Crippen LogP contribution < -0.4 is 24.3 Å². The van der Waals surface area contributed by atoms with Gasteiger partial charge < -0.3 is 24.3 Å². The minimum absolute atomic E-state index is 0.0213. The van der Waals surface area contributed by atoms with Crippen molar-refractivity contribution in [1.82, 2.24) is 5.32 Å². The van der Waals surface area contributed by atoms with Crippen LogP contribution in [0.1, 0.15) is 49.1 Å². The lowest BCUT2D eigenvalue weighted by atomic mass is 9.73. The summed E-state index contributed by atoms with van der Waals surface area (Å²) in [5.41, 5.74) is 3.06. The first kappa shape index (κ1) is 24.1. The van der Waals surface area contributed by atoms with Gasteiger partial charge in [0.15, 0.2) is 17.3 Å². The second-order valence-corrected chi connectivity index (χ2v) is 9.15. The Morgan fingerprint density at radius 2 is 1.65 bits per heavy atom. The summed E-state index contributed by atoms with van der Waals surface area (Å²) in [4.78, 5) is 26.2. The molecule has 0 bridgehead atoms. The number of benzene rings is 2. The average Bonchev–Trinajstić information content (AvgIpc) is 2.83. The van der Waals surface area contributed by atoms with E-state index in [-0.39, 0.29) is 24.0 Å². The number of carbonyl (C=O) groups is 2. The summed E-state index contributed by atoms with van der Waals surface area (Å²) in [5, 5.41) is 2.97. The van der Waals surface area contributed by atoms with Crippen LogP contribution in [0.25, 0.3) is 0 Å². The fraction of sp³-hybridized carbons (Fsp3) is 0.385. The molecule has 1 N–H and O–H groups in total. The highest BCUT2D eigenvalue weighted by atomic mass is 79.9. The number of hydrogen-bond donors (Lipinski definition) is 1. The van der Waals surface area contributed by atoms with E-state index in [0.717, 1.165) is 15.6 Å². The Labute approximate surface area is 207 Å². The zero-order valence-corrected chi connectivity index (χ0v) is 21.3. The molecule has 0 radical (unpaired) electrons. The Kier molecular flexibility index (Phi) is 7.16. The monoisotopic (exact) mass is 529 g/mol. The summed E-state index contributed by atoms with van der Waals surface area (Å²) in [6, 6.07) is 9.39. The van der Waals surface area contributed by atoms with Gasteiger partial charge in [-0.1, -0.05) is 6.07 Å². The van der Waals surface area contributed by atoms with E-state index in [1.807, 2.05) is 37.3 Å². The standard InChI is InChI=1S/C26H28BrNO6/c1-5-34-21-7-6-14(10-24(21)33-4)15-8-19-26(20(29)9-15)17(12-25(30)28-19)16-11-23(32-3)18(27)13-22(16)31-2/h6-7,10-11,13,15,17H,5,8-9,12H2,1-4H3,(H,28,30). The molecule has 1 amide bonds. The molecule has 0 saturated carbocycles. The molecule has 2 aromatic rings. The highest BCUT2D eigenvalue weighted by Gasteiger charge is 2.39. The number of ether oxygens (including phenoxy) is 4. The van der Waals surface area contributed by atoms with Crippen LogP contribution in [-0.2, 0) is 9.59 Å². The van der Waals surface area contributed by atoms with Crippen molar-refractivity contribution in [3.63, 3.8) is 0 Å². The first-order chi connectivity index (χ1) is 16.4. The molecule has 0 aromatic heterocycles. The zero-order chi connectivity index (χ0) is 24.4. The van der Waals surface area contributed by atoms with Gasteiger partial charge in [-0.2, -0.15) is 0 Å². The van der Waals surface area contributed by atoms with Crippen LogP contribution in [0.15, 0.2) is 46.1 Å². The number of methoxy groups -OCH3 is 3. The smallest absolute Gasteiger partial charge is 0.225 e. The summed E-state index contributed by atoms with van der Waals surface area (Å²) in [6.45, 7) is 2.45. The number of Topliss-reactive ketones (excluding diaryl/α,β-unsaturated/α-hetero) is 1. The van der Waals surface area contributed by atoms with Crippen molar-refractivity contribution in [3.8, 4) is 23.0 Å². The van der Waals surface area contributed by atoms with Crippen LogP contribution in [-0.4, -0.2) is 39.6 Å². The van der Waals surface area contributed by atoms with Crippen LogP contribution in [0.4, 0.5) is 0 Å². The Morgan fingerprint density at radius 3 is 2.32 bits per heavy atom. The van der Waals surface area contributed by atoms with Gasteiger partial charge in [-0.3, -0.25) is 9.59 Å². The maximum atomic E-state index is 13.5. The predicted molar refractivity (Wildman–Crippen MR) is 131 cm³/mol. The molecule has 1 aliphatic heterocycles. The predicted octanol–water partition coefficient (Wildman–Crippen LogP) is 4.88. The van der Waals surface area contributed by atoms with Gasteiger partial charge >= 0.3 is 0 Å². The van der Waals surface area contributed by atoms with Crippen molar-refractivity contribution < 1.29 is 28.5 Å². The number of hydrogen-bond acceptors (Lipinski definition) is 6. The molecule has 0 saturated heterocycles. The Hall–Kier alpha value is -3.00. The second-order valence-electron chi connectivity index (χ2n) is 8.30. The topological polar surface area (TPSA) is 83.1 Å². The Bertz CT molecular complexity index is 1160. The van der Waals surface area contributed by atoms with E-state index in [1.165, 1.54) is 0 Å². The molecule has 0 fully saturated rings. The largest absolute Gasteiger partial charge is 0.496 e. The van der Waals surface area contributed by atoms with Crippen LogP contribution in [0.3, 0.4) is 0 Å². The normalized spacial score (nSPS) is 19.9. The minimum Gasteiger partial charge on any atom is -0.496 e. The Morgan fingerprint density at radius 1 is 0.912 bits per heavy atom. The fourth-order valence-electron chi connectivity index (χ4n) is 4.83. The van der Waals surface area contributed by atoms with Crippen molar-refractivity contribution >= 4 is 27.6 Å². The van der Waals surface area contributed by atoms with E-state index in [0.29, 0.717) is 53.7 Å². The van der Waals surface area contributed by atoms with Gasteiger partial charge in [-0.15, -0.1) is 0 Å². The highest BCUT2D eigenvalue weighted by molar-refractivity contribution is 9.10. The van der Waals surface area contributed by atoms with Crippen molar-refractivity contribution in [2.75, 3.05) is 27.9 Å². The quantitative estimate of drug-likeness (QED) is 0.550. The third-order valence-electron chi connectivity index (χ3n) is 6.37. The molecule has 2 atom stereocenters. The number of allylic oxidation sites excluding steroid dienone is 2. The second kappa shape index (κ2) is 10.1. The van der Waals surface area contributed by atoms with Gasteiger partial charge in [-0.05, 0) is 65.0 Å².